The van der Waals surface area contributed by atoms with Crippen LogP contribution in [-0.4, -0.2) is 55.6 Å². The molecular formula is C24H32N6O4. The van der Waals surface area contributed by atoms with E-state index in [-0.39, 0.29) is 5.56 Å². The number of hydrogen-bond donors (Lipinski definition) is 3. The van der Waals surface area contributed by atoms with Crippen molar-refractivity contribution in [2.24, 2.45) is 13.0 Å². The number of hydrogen-bond acceptors (Lipinski definition) is 6. The number of nitrogens with zero attached hydrogens (tertiary/aromatic N) is 4. The molecule has 1 aliphatic heterocycles. The molecule has 0 aliphatic carbocycles. The number of hydroxylamine groups is 1. The van der Waals surface area contributed by atoms with Gasteiger partial charge in [0.25, 0.3) is 5.56 Å². The molecule has 10 heteroatoms. The Bertz CT molecular complexity index is 1230. The fourth-order valence-corrected chi connectivity index (χ4v) is 4.69. The van der Waals surface area contributed by atoms with E-state index in [0.717, 1.165) is 48.9 Å². The van der Waals surface area contributed by atoms with Gasteiger partial charge in [0.1, 0.15) is 17.1 Å². The maximum atomic E-state index is 12.9. The molecule has 2 aromatic heterocycles. The highest BCUT2D eigenvalue weighted by atomic mass is 16.5. The minimum atomic E-state index is -0.454. The first kappa shape index (κ1) is 23.7. The van der Waals surface area contributed by atoms with Gasteiger partial charge in [0.15, 0.2) is 5.52 Å². The molecule has 1 saturated heterocycles. The number of aromatic nitrogens is 4. The number of aryl methyl sites for hydroxylation is 2. The zero-order valence-electron chi connectivity index (χ0n) is 19.9. The van der Waals surface area contributed by atoms with Crippen molar-refractivity contribution in [2.45, 2.75) is 46.0 Å². The number of fused-ring (bicyclic) bond motifs is 1. The van der Waals surface area contributed by atoms with Gasteiger partial charge in [-0.05, 0) is 56.2 Å². The predicted molar refractivity (Wildman–Crippen MR) is 128 cm³/mol. The van der Waals surface area contributed by atoms with E-state index in [0.29, 0.717) is 48.2 Å². The van der Waals surface area contributed by atoms with E-state index in [1.807, 2.05) is 25.1 Å². The topological polar surface area (TPSA) is 125 Å². The smallest absolute Gasteiger partial charge is 0.341 e. The molecule has 0 atom stereocenters. The second-order valence-corrected chi connectivity index (χ2v) is 8.75. The molecule has 0 unspecified atom stereocenters. The first-order chi connectivity index (χ1) is 16.4. The number of carbonyl (C=O) groups excluding carboxylic acids is 1. The molecule has 0 bridgehead atoms. The first-order valence-corrected chi connectivity index (χ1v) is 11.9. The molecule has 3 heterocycles. The lowest BCUT2D eigenvalue weighted by molar-refractivity contribution is 0.115. The molecule has 34 heavy (non-hydrogen) atoms. The van der Waals surface area contributed by atoms with Crippen LogP contribution in [0.4, 0.5) is 4.79 Å². The summed E-state index contributed by atoms with van der Waals surface area (Å²) in [5.41, 5.74) is 5.27. The van der Waals surface area contributed by atoms with Gasteiger partial charge in [0.05, 0.1) is 17.9 Å². The van der Waals surface area contributed by atoms with Gasteiger partial charge in [-0.15, -0.1) is 0 Å². The van der Waals surface area contributed by atoms with Crippen LogP contribution in [0.3, 0.4) is 0 Å². The van der Waals surface area contributed by atoms with Gasteiger partial charge in [0.2, 0.25) is 0 Å². The van der Waals surface area contributed by atoms with E-state index >= 15 is 0 Å². The minimum absolute atomic E-state index is 0.222. The van der Waals surface area contributed by atoms with Gasteiger partial charge < -0.3 is 14.6 Å². The fraction of sp³-hybridized carbons (Fsp3) is 0.500. The summed E-state index contributed by atoms with van der Waals surface area (Å²) in [5.74, 6) is 1.56. The summed E-state index contributed by atoms with van der Waals surface area (Å²) >= 11 is 0. The first-order valence-electron chi connectivity index (χ1n) is 11.9. The average molecular weight is 469 g/mol. The van der Waals surface area contributed by atoms with Crippen molar-refractivity contribution in [3.63, 3.8) is 0 Å². The maximum Gasteiger partial charge on any atom is 0.341 e. The van der Waals surface area contributed by atoms with E-state index in [9.17, 15) is 9.59 Å². The highest BCUT2D eigenvalue weighted by Crippen LogP contribution is 2.31. The van der Waals surface area contributed by atoms with Crippen molar-refractivity contribution >= 4 is 17.1 Å². The van der Waals surface area contributed by atoms with Crippen LogP contribution in [0.5, 0.6) is 5.75 Å². The number of rotatable bonds is 7. The number of aromatic amines is 1. The molecular weight excluding hydrogens is 436 g/mol. The van der Waals surface area contributed by atoms with Crippen molar-refractivity contribution < 1.29 is 14.7 Å². The number of ether oxygens (including phenoxy) is 1. The Morgan fingerprint density at radius 3 is 2.74 bits per heavy atom. The summed E-state index contributed by atoms with van der Waals surface area (Å²) in [5, 5.41) is 13.3. The normalized spacial score (nSPS) is 14.5. The second kappa shape index (κ2) is 10.3. The fourth-order valence-electron chi connectivity index (χ4n) is 4.69. The summed E-state index contributed by atoms with van der Waals surface area (Å²) in [6, 6.07) is 5.57. The van der Waals surface area contributed by atoms with Crippen LogP contribution in [0.15, 0.2) is 23.0 Å². The van der Waals surface area contributed by atoms with Gasteiger partial charge in [-0.2, -0.15) is 5.10 Å². The number of piperidine rings is 1. The van der Waals surface area contributed by atoms with Crippen LogP contribution in [0.25, 0.3) is 22.4 Å². The number of carbonyl (C=O) groups is 1. The molecule has 10 nitrogen and oxygen atoms in total. The molecule has 2 amide bonds. The van der Waals surface area contributed by atoms with Crippen LogP contribution < -0.4 is 15.8 Å². The average Bonchev–Trinajstić information content (AvgIpc) is 3.16. The number of amides is 2. The van der Waals surface area contributed by atoms with Crippen molar-refractivity contribution in [3.05, 3.63) is 39.8 Å². The molecule has 1 fully saturated rings. The number of H-pyrrole nitrogens is 1. The SMILES string of the molecule is CCCc1nn(C)c2c(=O)[nH]c(-c3cc(CC4CCN(C(=O)NO)CC4)ccc3OCC)nc12. The van der Waals surface area contributed by atoms with Crippen LogP contribution >= 0.6 is 0 Å². The lowest BCUT2D eigenvalue weighted by Gasteiger charge is -2.31. The van der Waals surface area contributed by atoms with E-state index in [1.54, 1.807) is 22.1 Å². The van der Waals surface area contributed by atoms with E-state index in [4.69, 9.17) is 14.9 Å². The maximum absolute atomic E-state index is 12.9. The molecule has 1 aromatic carbocycles. The van der Waals surface area contributed by atoms with Crippen molar-refractivity contribution in [1.29, 1.82) is 0 Å². The third kappa shape index (κ3) is 4.77. The third-order valence-corrected chi connectivity index (χ3v) is 6.37. The van der Waals surface area contributed by atoms with Crippen molar-refractivity contribution in [2.75, 3.05) is 19.7 Å². The van der Waals surface area contributed by atoms with Gasteiger partial charge in [0, 0.05) is 20.1 Å². The zero-order chi connectivity index (χ0) is 24.2. The molecule has 4 rings (SSSR count). The number of urea groups is 1. The van der Waals surface area contributed by atoms with Gasteiger partial charge in [-0.3, -0.25) is 14.7 Å². The van der Waals surface area contributed by atoms with E-state index in [1.165, 1.54) is 0 Å². The third-order valence-electron chi connectivity index (χ3n) is 6.37. The molecule has 3 N–H and O–H groups in total. The standard InChI is InChI=1S/C24H32N6O4/c1-4-6-18-20-21(29(3)27-18)23(31)26-22(25-20)17-14-16(7-8-19(17)34-5-2)13-15-9-11-30(12-10-15)24(32)28-33/h7-8,14-15,33H,4-6,9-13H2,1-3H3,(H,28,32)(H,25,26,31). The monoisotopic (exact) mass is 468 g/mol. The van der Waals surface area contributed by atoms with Gasteiger partial charge in [-0.25, -0.2) is 15.3 Å². The lowest BCUT2D eigenvalue weighted by atomic mass is 9.89. The quantitative estimate of drug-likeness (QED) is 0.362. The summed E-state index contributed by atoms with van der Waals surface area (Å²) in [6.07, 6.45) is 4.21. The number of benzene rings is 1. The van der Waals surface area contributed by atoms with E-state index < -0.39 is 6.03 Å². The van der Waals surface area contributed by atoms with Crippen LogP contribution in [-0.2, 0) is 19.9 Å². The molecule has 0 spiro atoms. The second-order valence-electron chi connectivity index (χ2n) is 8.75. The Morgan fingerprint density at radius 2 is 2.06 bits per heavy atom. The molecule has 0 radical (unpaired) electrons. The zero-order valence-corrected chi connectivity index (χ0v) is 19.9. The number of nitrogens with one attached hydrogen (secondary N) is 2. The minimum Gasteiger partial charge on any atom is -0.493 e. The Labute approximate surface area is 197 Å². The molecule has 1 aliphatic rings. The highest BCUT2D eigenvalue weighted by Gasteiger charge is 2.23. The molecule has 182 valence electrons. The molecule has 3 aromatic rings. The van der Waals surface area contributed by atoms with Crippen LogP contribution in [0, 0.1) is 5.92 Å². The Kier molecular flexibility index (Phi) is 7.16. The summed E-state index contributed by atoms with van der Waals surface area (Å²) in [4.78, 5) is 33.9. The Morgan fingerprint density at radius 1 is 1.29 bits per heavy atom. The van der Waals surface area contributed by atoms with Gasteiger partial charge >= 0.3 is 6.03 Å². The van der Waals surface area contributed by atoms with E-state index in [2.05, 4.69) is 17.0 Å². The molecule has 0 saturated carbocycles. The Hall–Kier alpha value is -3.40. The van der Waals surface area contributed by atoms with Gasteiger partial charge in [-0.1, -0.05) is 19.4 Å². The predicted octanol–water partition coefficient (Wildman–Crippen LogP) is 3.03. The van der Waals surface area contributed by atoms with Crippen molar-refractivity contribution in [3.8, 4) is 17.1 Å². The Balaban J connectivity index is 1.66. The lowest BCUT2D eigenvalue weighted by Crippen LogP contribution is -2.43. The van der Waals surface area contributed by atoms with Crippen molar-refractivity contribution in [1.82, 2.24) is 30.1 Å². The summed E-state index contributed by atoms with van der Waals surface area (Å²) < 4.78 is 7.46. The summed E-state index contributed by atoms with van der Waals surface area (Å²) in [7, 11) is 1.76. The highest BCUT2D eigenvalue weighted by molar-refractivity contribution is 5.80. The summed E-state index contributed by atoms with van der Waals surface area (Å²) in [6.45, 7) is 5.71. The largest absolute Gasteiger partial charge is 0.493 e. The number of likely N-dealkylation sites (tertiary alicyclic amines) is 1. The van der Waals surface area contributed by atoms with Crippen LogP contribution in [0.1, 0.15) is 44.4 Å². The van der Waals surface area contributed by atoms with Crippen LogP contribution in [0.2, 0.25) is 0 Å².